The number of fused-ring (bicyclic) bond motifs is 4. The molecule has 4 aliphatic rings. The van der Waals surface area contributed by atoms with Crippen molar-refractivity contribution in [2.24, 2.45) is 0 Å². The van der Waals surface area contributed by atoms with Crippen molar-refractivity contribution in [2.45, 2.75) is 78.3 Å². The predicted molar refractivity (Wildman–Crippen MR) is 94.7 cm³/mol. The van der Waals surface area contributed by atoms with Gasteiger partial charge in [0.2, 0.25) is 0 Å². The van der Waals surface area contributed by atoms with Crippen LogP contribution in [0.25, 0.3) is 0 Å². The van der Waals surface area contributed by atoms with Gasteiger partial charge in [0.1, 0.15) is 0 Å². The Balaban J connectivity index is 1.49. The molecule has 0 N–H and O–H groups in total. The van der Waals surface area contributed by atoms with E-state index in [0.717, 1.165) is 32.8 Å². The number of thioether (sulfide) groups is 2. The van der Waals surface area contributed by atoms with E-state index in [-0.39, 0.29) is 0 Å². The van der Waals surface area contributed by atoms with Gasteiger partial charge in [-0.2, -0.15) is 23.5 Å². The third kappa shape index (κ3) is 2.05. The van der Waals surface area contributed by atoms with Crippen LogP contribution in [0.1, 0.15) is 67.1 Å². The number of benzene rings is 1. The van der Waals surface area contributed by atoms with Gasteiger partial charge in [-0.05, 0) is 74.0 Å². The molecule has 4 fully saturated rings. The van der Waals surface area contributed by atoms with Crippen molar-refractivity contribution in [1.29, 1.82) is 0 Å². The van der Waals surface area contributed by atoms with E-state index < -0.39 is 0 Å². The average Bonchev–Trinajstić information content (AvgIpc) is 3.27. The lowest BCUT2D eigenvalue weighted by atomic mass is 9.77. The molecule has 4 heterocycles. The zero-order chi connectivity index (χ0) is 14.0. The van der Waals surface area contributed by atoms with Gasteiger partial charge in [0.15, 0.2) is 0 Å². The summed E-state index contributed by atoms with van der Waals surface area (Å²) in [7, 11) is 0. The van der Waals surface area contributed by atoms with Gasteiger partial charge in [0, 0.05) is 21.0 Å². The lowest BCUT2D eigenvalue weighted by Gasteiger charge is -2.27. The van der Waals surface area contributed by atoms with Crippen molar-refractivity contribution in [3.63, 3.8) is 0 Å². The molecule has 0 amide bonds. The lowest BCUT2D eigenvalue weighted by molar-refractivity contribution is 0.496. The first-order valence-electron chi connectivity index (χ1n) is 8.70. The minimum absolute atomic E-state index is 0.861. The molecular weight excluding hydrogens is 292 g/mol. The Labute approximate surface area is 136 Å². The summed E-state index contributed by atoms with van der Waals surface area (Å²) >= 11 is 4.58. The third-order valence-electron chi connectivity index (χ3n) is 6.43. The van der Waals surface area contributed by atoms with Gasteiger partial charge in [0.25, 0.3) is 0 Å². The molecule has 6 atom stereocenters. The molecule has 4 bridgehead atoms. The van der Waals surface area contributed by atoms with Crippen molar-refractivity contribution >= 4 is 23.5 Å². The molecule has 21 heavy (non-hydrogen) atoms. The highest BCUT2D eigenvalue weighted by Gasteiger charge is 2.44. The summed E-state index contributed by atoms with van der Waals surface area (Å²) in [4.78, 5) is 0. The molecule has 0 spiro atoms. The summed E-state index contributed by atoms with van der Waals surface area (Å²) in [5.74, 6) is 1.72. The highest BCUT2D eigenvalue weighted by Crippen LogP contribution is 2.56. The van der Waals surface area contributed by atoms with Crippen LogP contribution in [0.2, 0.25) is 0 Å². The Bertz CT molecular complexity index is 520. The van der Waals surface area contributed by atoms with Gasteiger partial charge >= 0.3 is 0 Å². The summed E-state index contributed by atoms with van der Waals surface area (Å²) in [6, 6.07) is 7.27. The summed E-state index contributed by atoms with van der Waals surface area (Å²) in [6.45, 7) is 2.43. The van der Waals surface area contributed by atoms with Crippen LogP contribution in [0.4, 0.5) is 0 Å². The van der Waals surface area contributed by atoms with Crippen LogP contribution in [0.5, 0.6) is 0 Å². The van der Waals surface area contributed by atoms with Crippen molar-refractivity contribution in [2.75, 3.05) is 0 Å². The Morgan fingerprint density at radius 3 is 1.71 bits per heavy atom. The molecule has 0 aliphatic carbocycles. The van der Waals surface area contributed by atoms with E-state index in [2.05, 4.69) is 48.6 Å². The Kier molecular flexibility index (Phi) is 3.16. The summed E-state index contributed by atoms with van der Waals surface area (Å²) in [5, 5.41) is 3.80. The minimum atomic E-state index is 0.861. The first-order chi connectivity index (χ1) is 10.3. The first-order valence-corrected chi connectivity index (χ1v) is 10.6. The fourth-order valence-electron chi connectivity index (χ4n) is 5.41. The van der Waals surface area contributed by atoms with Gasteiger partial charge in [-0.3, -0.25) is 0 Å². The third-order valence-corrected chi connectivity index (χ3v) is 9.88. The number of rotatable bonds is 2. The molecule has 0 radical (unpaired) electrons. The van der Waals surface area contributed by atoms with E-state index in [1.165, 1.54) is 38.5 Å². The molecule has 4 aliphatic heterocycles. The van der Waals surface area contributed by atoms with Gasteiger partial charge in [0.05, 0.1) is 0 Å². The summed E-state index contributed by atoms with van der Waals surface area (Å²) < 4.78 is 0. The zero-order valence-corrected chi connectivity index (χ0v) is 14.4. The van der Waals surface area contributed by atoms with Crippen molar-refractivity contribution in [1.82, 2.24) is 0 Å². The Morgan fingerprint density at radius 2 is 1.33 bits per heavy atom. The molecule has 0 nitrogen and oxygen atoms in total. The number of hydrogen-bond donors (Lipinski definition) is 0. The lowest BCUT2D eigenvalue weighted by Crippen LogP contribution is -2.18. The second-order valence-electron chi connectivity index (χ2n) is 7.49. The Hall–Kier alpha value is -0.0800. The fraction of sp³-hybridized carbons (Fsp3) is 0.684. The smallest absolute Gasteiger partial charge is 0.0119 e. The zero-order valence-electron chi connectivity index (χ0n) is 12.8. The highest BCUT2D eigenvalue weighted by molar-refractivity contribution is 8.01. The molecule has 0 aromatic heterocycles. The van der Waals surface area contributed by atoms with Gasteiger partial charge < -0.3 is 0 Å². The van der Waals surface area contributed by atoms with E-state index in [1.54, 1.807) is 16.7 Å². The Morgan fingerprint density at radius 1 is 0.810 bits per heavy atom. The summed E-state index contributed by atoms with van der Waals surface area (Å²) in [5.41, 5.74) is 5.08. The fourth-order valence-corrected chi connectivity index (χ4v) is 9.01. The quantitative estimate of drug-likeness (QED) is 0.707. The van der Waals surface area contributed by atoms with E-state index in [1.807, 2.05) is 0 Å². The molecule has 6 unspecified atom stereocenters. The molecule has 0 saturated carbocycles. The minimum Gasteiger partial charge on any atom is -0.155 e. The molecule has 2 heteroatoms. The normalized spacial score (nSPS) is 43.9. The van der Waals surface area contributed by atoms with Crippen LogP contribution >= 0.6 is 23.5 Å². The highest BCUT2D eigenvalue weighted by atomic mass is 32.2. The van der Waals surface area contributed by atoms with Crippen molar-refractivity contribution in [3.05, 3.63) is 34.9 Å². The predicted octanol–water partition coefficient (Wildman–Crippen LogP) is 5.50. The maximum atomic E-state index is 2.45. The van der Waals surface area contributed by atoms with Crippen LogP contribution in [-0.2, 0) is 0 Å². The van der Waals surface area contributed by atoms with Crippen LogP contribution in [0.15, 0.2) is 18.2 Å². The molecule has 4 saturated heterocycles. The van der Waals surface area contributed by atoms with Gasteiger partial charge in [-0.15, -0.1) is 0 Å². The maximum absolute atomic E-state index is 2.45. The topological polar surface area (TPSA) is 0 Å². The first kappa shape index (κ1) is 13.4. The van der Waals surface area contributed by atoms with E-state index in [4.69, 9.17) is 0 Å². The van der Waals surface area contributed by atoms with Crippen LogP contribution in [0.3, 0.4) is 0 Å². The maximum Gasteiger partial charge on any atom is 0.0119 e. The monoisotopic (exact) mass is 316 g/mol. The summed E-state index contributed by atoms with van der Waals surface area (Å²) in [6.07, 6.45) is 8.79. The SMILES string of the molecule is Cc1c(C2CC3CCC2S3)cccc1C1CC2CCC1S2. The molecule has 1 aromatic carbocycles. The molecular formula is C19H24S2. The second-order valence-corrected chi connectivity index (χ2v) is 10.6. The van der Waals surface area contributed by atoms with E-state index in [0.29, 0.717) is 0 Å². The second kappa shape index (κ2) is 4.96. The van der Waals surface area contributed by atoms with Crippen LogP contribution < -0.4 is 0 Å². The average molecular weight is 317 g/mol. The standard InChI is InChI=1S/C19H24S2/c1-11-14(16-9-12-5-7-18(16)20-12)3-2-4-15(11)17-10-13-6-8-19(17)21-13/h2-4,12-13,16-19H,5-10H2,1H3. The number of hydrogen-bond acceptors (Lipinski definition) is 2. The largest absolute Gasteiger partial charge is 0.155 e. The van der Waals surface area contributed by atoms with Crippen LogP contribution in [-0.4, -0.2) is 21.0 Å². The van der Waals surface area contributed by atoms with Crippen molar-refractivity contribution < 1.29 is 0 Å². The van der Waals surface area contributed by atoms with E-state index >= 15 is 0 Å². The van der Waals surface area contributed by atoms with Crippen LogP contribution in [0, 0.1) is 6.92 Å². The van der Waals surface area contributed by atoms with Crippen molar-refractivity contribution in [3.8, 4) is 0 Å². The molecule has 5 rings (SSSR count). The molecule has 1 aromatic rings. The molecule has 112 valence electrons. The van der Waals surface area contributed by atoms with E-state index in [9.17, 15) is 0 Å². The van der Waals surface area contributed by atoms with Gasteiger partial charge in [-0.1, -0.05) is 18.2 Å². The van der Waals surface area contributed by atoms with Gasteiger partial charge in [-0.25, -0.2) is 0 Å².